The van der Waals surface area contributed by atoms with Gasteiger partial charge in [0.05, 0.1) is 13.3 Å². The van der Waals surface area contributed by atoms with Crippen molar-refractivity contribution < 1.29 is 9.84 Å². The standard InChI is InChI=1S/C14H20N2O2S/c1-5-6-16-13(12(18-4)8-15-16)14(17)11-7-9(2)19-10(11)3/h7-8,14,17H,5-6H2,1-4H3. The Morgan fingerprint density at radius 3 is 2.74 bits per heavy atom. The van der Waals surface area contributed by atoms with Crippen molar-refractivity contribution in [3.8, 4) is 5.75 Å². The van der Waals surface area contributed by atoms with Crippen molar-refractivity contribution in [1.82, 2.24) is 9.78 Å². The van der Waals surface area contributed by atoms with E-state index in [0.29, 0.717) is 5.75 Å². The zero-order chi connectivity index (χ0) is 14.0. The Kier molecular flexibility index (Phi) is 4.27. The van der Waals surface area contributed by atoms with Crippen LogP contribution in [0.25, 0.3) is 0 Å². The van der Waals surface area contributed by atoms with Gasteiger partial charge in [-0.15, -0.1) is 11.3 Å². The fraction of sp³-hybridized carbons (Fsp3) is 0.500. The lowest BCUT2D eigenvalue weighted by Crippen LogP contribution is -2.11. The number of thiophene rings is 1. The minimum absolute atomic E-state index is 0.643. The van der Waals surface area contributed by atoms with Crippen molar-refractivity contribution in [2.75, 3.05) is 7.11 Å². The molecule has 1 unspecified atom stereocenters. The molecular weight excluding hydrogens is 260 g/mol. The van der Waals surface area contributed by atoms with Crippen LogP contribution in [0.5, 0.6) is 5.75 Å². The molecule has 0 saturated carbocycles. The first-order valence-electron chi connectivity index (χ1n) is 6.43. The van der Waals surface area contributed by atoms with Gasteiger partial charge in [-0.2, -0.15) is 5.10 Å². The molecule has 1 N–H and O–H groups in total. The van der Waals surface area contributed by atoms with Gasteiger partial charge < -0.3 is 9.84 Å². The number of aliphatic hydroxyl groups is 1. The maximum absolute atomic E-state index is 10.7. The Hall–Kier alpha value is -1.33. The molecule has 0 bridgehead atoms. The summed E-state index contributed by atoms with van der Waals surface area (Å²) in [6, 6.07) is 2.04. The minimum atomic E-state index is -0.686. The zero-order valence-corrected chi connectivity index (χ0v) is 12.6. The van der Waals surface area contributed by atoms with Gasteiger partial charge in [-0.3, -0.25) is 4.68 Å². The van der Waals surface area contributed by atoms with Crippen LogP contribution in [-0.2, 0) is 6.54 Å². The van der Waals surface area contributed by atoms with Crippen molar-refractivity contribution in [1.29, 1.82) is 0 Å². The average molecular weight is 280 g/mol. The van der Waals surface area contributed by atoms with Gasteiger partial charge in [-0.1, -0.05) is 6.92 Å². The number of rotatable bonds is 5. The fourth-order valence-corrected chi connectivity index (χ4v) is 3.23. The van der Waals surface area contributed by atoms with Crippen LogP contribution in [-0.4, -0.2) is 22.0 Å². The molecule has 0 aromatic carbocycles. The Labute approximate surface area is 117 Å². The number of nitrogens with zero attached hydrogens (tertiary/aromatic N) is 2. The molecule has 0 saturated heterocycles. The molecule has 2 heterocycles. The molecule has 0 aliphatic rings. The first-order chi connectivity index (χ1) is 9.08. The van der Waals surface area contributed by atoms with Gasteiger partial charge in [0, 0.05) is 21.9 Å². The third-order valence-corrected chi connectivity index (χ3v) is 4.11. The molecule has 0 aliphatic carbocycles. The van der Waals surface area contributed by atoms with E-state index < -0.39 is 6.10 Å². The van der Waals surface area contributed by atoms with Gasteiger partial charge in [0.15, 0.2) is 5.75 Å². The summed E-state index contributed by atoms with van der Waals surface area (Å²) in [5, 5.41) is 15.0. The molecule has 4 nitrogen and oxygen atoms in total. The van der Waals surface area contributed by atoms with Gasteiger partial charge >= 0.3 is 0 Å². The van der Waals surface area contributed by atoms with E-state index in [4.69, 9.17) is 4.74 Å². The summed E-state index contributed by atoms with van der Waals surface area (Å²) in [4.78, 5) is 2.34. The van der Waals surface area contributed by atoms with E-state index in [2.05, 4.69) is 18.9 Å². The van der Waals surface area contributed by atoms with Crippen molar-refractivity contribution in [3.05, 3.63) is 33.3 Å². The SMILES string of the molecule is CCCn1ncc(OC)c1C(O)c1cc(C)sc1C. The van der Waals surface area contributed by atoms with Gasteiger partial charge in [0.25, 0.3) is 0 Å². The van der Waals surface area contributed by atoms with Crippen LogP contribution in [0.3, 0.4) is 0 Å². The van der Waals surface area contributed by atoms with Crippen LogP contribution in [0.1, 0.15) is 40.5 Å². The van der Waals surface area contributed by atoms with E-state index in [1.54, 1.807) is 24.6 Å². The predicted molar refractivity (Wildman–Crippen MR) is 76.9 cm³/mol. The number of methoxy groups -OCH3 is 1. The van der Waals surface area contributed by atoms with Gasteiger partial charge in [0.1, 0.15) is 11.8 Å². The summed E-state index contributed by atoms with van der Waals surface area (Å²) in [6.45, 7) is 6.94. The van der Waals surface area contributed by atoms with Crippen LogP contribution >= 0.6 is 11.3 Å². The van der Waals surface area contributed by atoms with Crippen molar-refractivity contribution >= 4 is 11.3 Å². The largest absolute Gasteiger partial charge is 0.493 e. The molecule has 0 radical (unpaired) electrons. The molecule has 1 atom stereocenters. The topological polar surface area (TPSA) is 47.3 Å². The lowest BCUT2D eigenvalue weighted by Gasteiger charge is -2.14. The van der Waals surface area contributed by atoms with Crippen LogP contribution in [0.2, 0.25) is 0 Å². The van der Waals surface area contributed by atoms with E-state index in [0.717, 1.165) is 29.1 Å². The maximum atomic E-state index is 10.7. The number of hydrogen-bond acceptors (Lipinski definition) is 4. The zero-order valence-electron chi connectivity index (χ0n) is 11.8. The molecule has 2 rings (SSSR count). The Bertz CT molecular complexity index is 560. The molecule has 2 aromatic rings. The quantitative estimate of drug-likeness (QED) is 0.915. The van der Waals surface area contributed by atoms with Gasteiger partial charge in [-0.25, -0.2) is 0 Å². The average Bonchev–Trinajstić information content (AvgIpc) is 2.92. The van der Waals surface area contributed by atoms with Crippen LogP contribution in [0, 0.1) is 13.8 Å². The molecule has 0 fully saturated rings. The second-order valence-electron chi connectivity index (χ2n) is 4.59. The van der Waals surface area contributed by atoms with Crippen LogP contribution in [0.4, 0.5) is 0 Å². The van der Waals surface area contributed by atoms with Crippen LogP contribution in [0.15, 0.2) is 12.3 Å². The maximum Gasteiger partial charge on any atom is 0.163 e. The third-order valence-electron chi connectivity index (χ3n) is 3.13. The molecule has 19 heavy (non-hydrogen) atoms. The lowest BCUT2D eigenvalue weighted by atomic mass is 10.1. The highest BCUT2D eigenvalue weighted by molar-refractivity contribution is 7.12. The lowest BCUT2D eigenvalue weighted by molar-refractivity contribution is 0.201. The summed E-state index contributed by atoms with van der Waals surface area (Å²) in [7, 11) is 1.61. The number of hydrogen-bond donors (Lipinski definition) is 1. The highest BCUT2D eigenvalue weighted by Gasteiger charge is 2.23. The number of ether oxygens (including phenoxy) is 1. The van der Waals surface area contributed by atoms with Gasteiger partial charge in [0.2, 0.25) is 0 Å². The van der Waals surface area contributed by atoms with Crippen molar-refractivity contribution in [2.24, 2.45) is 0 Å². The molecule has 5 heteroatoms. The van der Waals surface area contributed by atoms with E-state index in [1.165, 1.54) is 4.88 Å². The van der Waals surface area contributed by atoms with Crippen molar-refractivity contribution in [2.45, 2.75) is 39.8 Å². The van der Waals surface area contributed by atoms with E-state index in [1.807, 2.05) is 17.7 Å². The normalized spacial score (nSPS) is 12.7. The summed E-state index contributed by atoms with van der Waals surface area (Å²) >= 11 is 1.70. The highest BCUT2D eigenvalue weighted by atomic mass is 32.1. The molecular formula is C14H20N2O2S. The van der Waals surface area contributed by atoms with E-state index >= 15 is 0 Å². The highest BCUT2D eigenvalue weighted by Crippen LogP contribution is 2.34. The molecule has 0 amide bonds. The summed E-state index contributed by atoms with van der Waals surface area (Å²) in [5.74, 6) is 0.643. The first kappa shape index (κ1) is 14.1. The monoisotopic (exact) mass is 280 g/mol. The van der Waals surface area contributed by atoms with Crippen LogP contribution < -0.4 is 4.74 Å². The fourth-order valence-electron chi connectivity index (χ4n) is 2.27. The molecule has 0 aliphatic heterocycles. The Morgan fingerprint density at radius 2 is 2.21 bits per heavy atom. The minimum Gasteiger partial charge on any atom is -0.493 e. The smallest absolute Gasteiger partial charge is 0.163 e. The molecule has 2 aromatic heterocycles. The van der Waals surface area contributed by atoms with E-state index in [-0.39, 0.29) is 0 Å². The Morgan fingerprint density at radius 1 is 1.47 bits per heavy atom. The van der Waals surface area contributed by atoms with Crippen molar-refractivity contribution in [3.63, 3.8) is 0 Å². The number of aliphatic hydroxyl groups excluding tert-OH is 1. The molecule has 104 valence electrons. The Balaban J connectivity index is 2.44. The predicted octanol–water partition coefficient (Wildman–Crippen LogP) is 3.06. The van der Waals surface area contributed by atoms with Gasteiger partial charge in [-0.05, 0) is 26.3 Å². The second-order valence-corrected chi connectivity index (χ2v) is 6.05. The number of aryl methyl sites for hydroxylation is 3. The molecule has 0 spiro atoms. The summed E-state index contributed by atoms with van der Waals surface area (Å²) in [5.41, 5.74) is 1.68. The van der Waals surface area contributed by atoms with E-state index in [9.17, 15) is 5.11 Å². The first-order valence-corrected chi connectivity index (χ1v) is 7.24. The summed E-state index contributed by atoms with van der Waals surface area (Å²) in [6.07, 6.45) is 1.95. The summed E-state index contributed by atoms with van der Waals surface area (Å²) < 4.78 is 7.15. The second kappa shape index (κ2) is 5.75. The number of aromatic nitrogens is 2. The third kappa shape index (κ3) is 2.67.